The van der Waals surface area contributed by atoms with E-state index in [9.17, 15) is 4.79 Å². The molecule has 0 bridgehead atoms. The lowest BCUT2D eigenvalue weighted by Gasteiger charge is -2.20. The summed E-state index contributed by atoms with van der Waals surface area (Å²) in [6.45, 7) is 9.56. The second-order valence-electron chi connectivity index (χ2n) is 5.72. The number of amides is 1. The number of carbonyl (C=O) groups excluding carboxylic acids is 1. The molecule has 3 N–H and O–H groups in total. The number of ether oxygens (including phenoxy) is 1. The van der Waals surface area contributed by atoms with Crippen molar-refractivity contribution in [2.24, 2.45) is 5.73 Å². The third-order valence-electron chi connectivity index (χ3n) is 3.07. The molecule has 0 heterocycles. The molecule has 4 heteroatoms. The number of hydrogen-bond donors (Lipinski definition) is 2. The molecule has 1 amide bonds. The molecule has 0 spiro atoms. The third-order valence-corrected chi connectivity index (χ3v) is 3.07. The first kappa shape index (κ1) is 15.5. The fourth-order valence-electron chi connectivity index (χ4n) is 1.82. The molecule has 4 nitrogen and oxygen atoms in total. The van der Waals surface area contributed by atoms with Crippen LogP contribution in [0.25, 0.3) is 0 Å². The number of nitrogens with one attached hydrogen (secondary N) is 1. The normalized spacial score (nSPS) is 13.1. The van der Waals surface area contributed by atoms with Crippen molar-refractivity contribution in [2.45, 2.75) is 39.2 Å². The Balaban J connectivity index is 2.49. The van der Waals surface area contributed by atoms with Gasteiger partial charge in [0.25, 0.3) is 0 Å². The molecule has 1 aromatic carbocycles. The molecule has 19 heavy (non-hydrogen) atoms. The van der Waals surface area contributed by atoms with Gasteiger partial charge in [-0.1, -0.05) is 45.0 Å². The van der Waals surface area contributed by atoms with Gasteiger partial charge in [-0.3, -0.25) is 0 Å². The second-order valence-corrected chi connectivity index (χ2v) is 5.72. The Labute approximate surface area is 115 Å². The summed E-state index contributed by atoms with van der Waals surface area (Å²) >= 11 is 0. The topological polar surface area (TPSA) is 64.3 Å². The lowest BCUT2D eigenvalue weighted by molar-refractivity contribution is 0.156. The molecule has 0 fully saturated rings. The van der Waals surface area contributed by atoms with E-state index in [4.69, 9.17) is 5.73 Å². The Morgan fingerprint density at radius 2 is 1.89 bits per heavy atom. The van der Waals surface area contributed by atoms with Crippen LogP contribution in [-0.4, -0.2) is 19.2 Å². The van der Waals surface area contributed by atoms with Crippen LogP contribution in [0.4, 0.5) is 4.79 Å². The number of rotatable bonds is 5. The van der Waals surface area contributed by atoms with E-state index in [0.29, 0.717) is 13.2 Å². The molecule has 1 atom stereocenters. The molecule has 0 aromatic heterocycles. The number of hydrogen-bond acceptors (Lipinski definition) is 3. The maximum Gasteiger partial charge on any atom is 0.404 e. The Morgan fingerprint density at radius 3 is 2.37 bits per heavy atom. The molecule has 1 aromatic rings. The SMILES string of the molecule is CC(NCCOC(N)=O)c1ccc(C(C)(C)C)cc1. The molecule has 0 aliphatic carbocycles. The van der Waals surface area contributed by atoms with Gasteiger partial charge in [0.15, 0.2) is 0 Å². The lowest BCUT2D eigenvalue weighted by Crippen LogP contribution is -2.26. The highest BCUT2D eigenvalue weighted by atomic mass is 16.5. The van der Waals surface area contributed by atoms with E-state index < -0.39 is 6.09 Å². The van der Waals surface area contributed by atoms with E-state index in [-0.39, 0.29) is 11.5 Å². The van der Waals surface area contributed by atoms with Crippen molar-refractivity contribution < 1.29 is 9.53 Å². The van der Waals surface area contributed by atoms with Gasteiger partial charge in [0.1, 0.15) is 6.61 Å². The van der Waals surface area contributed by atoms with E-state index in [1.807, 2.05) is 0 Å². The maximum atomic E-state index is 10.4. The first-order chi connectivity index (χ1) is 8.80. The third kappa shape index (κ3) is 5.30. The van der Waals surface area contributed by atoms with Gasteiger partial charge in [0, 0.05) is 12.6 Å². The van der Waals surface area contributed by atoms with Gasteiger partial charge in [-0.05, 0) is 23.5 Å². The minimum Gasteiger partial charge on any atom is -0.448 e. The van der Waals surface area contributed by atoms with Crippen molar-refractivity contribution in [2.75, 3.05) is 13.2 Å². The molecule has 1 unspecified atom stereocenters. The van der Waals surface area contributed by atoms with E-state index >= 15 is 0 Å². The van der Waals surface area contributed by atoms with Gasteiger partial charge < -0.3 is 15.8 Å². The lowest BCUT2D eigenvalue weighted by atomic mass is 9.86. The number of primary amides is 1. The fraction of sp³-hybridized carbons (Fsp3) is 0.533. The summed E-state index contributed by atoms with van der Waals surface area (Å²) in [6.07, 6.45) is -0.732. The van der Waals surface area contributed by atoms with Crippen molar-refractivity contribution in [1.29, 1.82) is 0 Å². The zero-order chi connectivity index (χ0) is 14.5. The minimum atomic E-state index is -0.732. The largest absolute Gasteiger partial charge is 0.448 e. The van der Waals surface area contributed by atoms with Crippen LogP contribution in [-0.2, 0) is 10.2 Å². The summed E-state index contributed by atoms with van der Waals surface area (Å²) in [6, 6.07) is 8.80. The van der Waals surface area contributed by atoms with Crippen LogP contribution in [0.3, 0.4) is 0 Å². The Bertz CT molecular complexity index is 407. The van der Waals surface area contributed by atoms with Crippen LogP contribution >= 0.6 is 0 Å². The molecule has 1 rings (SSSR count). The van der Waals surface area contributed by atoms with E-state index in [1.54, 1.807) is 0 Å². The van der Waals surface area contributed by atoms with Crippen LogP contribution in [0.5, 0.6) is 0 Å². The summed E-state index contributed by atoms with van der Waals surface area (Å²) < 4.78 is 4.67. The maximum absolute atomic E-state index is 10.4. The minimum absolute atomic E-state index is 0.171. The molecule has 0 saturated carbocycles. The second kappa shape index (κ2) is 6.57. The van der Waals surface area contributed by atoms with Crippen LogP contribution in [0.15, 0.2) is 24.3 Å². The Kier molecular flexibility index (Phi) is 5.36. The monoisotopic (exact) mass is 264 g/mol. The van der Waals surface area contributed by atoms with Crippen LogP contribution < -0.4 is 11.1 Å². The van der Waals surface area contributed by atoms with E-state index in [2.05, 4.69) is 62.0 Å². The fourth-order valence-corrected chi connectivity index (χ4v) is 1.82. The molecule has 106 valence electrons. The van der Waals surface area contributed by atoms with Crippen LogP contribution in [0, 0.1) is 0 Å². The summed E-state index contributed by atoms with van der Waals surface area (Å²) in [7, 11) is 0. The Hall–Kier alpha value is -1.55. The number of benzene rings is 1. The highest BCUT2D eigenvalue weighted by Crippen LogP contribution is 2.23. The molecule has 0 saturated heterocycles. The van der Waals surface area contributed by atoms with Gasteiger partial charge >= 0.3 is 6.09 Å². The summed E-state index contributed by atoms with van der Waals surface area (Å²) in [5.74, 6) is 0. The standard InChI is InChI=1S/C15H24N2O2/c1-11(17-9-10-19-14(16)18)12-5-7-13(8-6-12)15(2,3)4/h5-8,11,17H,9-10H2,1-4H3,(H2,16,18). The van der Waals surface area contributed by atoms with Crippen LogP contribution in [0.1, 0.15) is 44.9 Å². The smallest absolute Gasteiger partial charge is 0.404 e. The predicted molar refractivity (Wildman–Crippen MR) is 77.1 cm³/mol. The molecule has 0 aliphatic heterocycles. The highest BCUT2D eigenvalue weighted by Gasteiger charge is 2.13. The van der Waals surface area contributed by atoms with Crippen molar-refractivity contribution in [3.63, 3.8) is 0 Å². The van der Waals surface area contributed by atoms with Crippen molar-refractivity contribution in [3.8, 4) is 0 Å². The van der Waals surface area contributed by atoms with Crippen molar-refractivity contribution >= 4 is 6.09 Å². The van der Waals surface area contributed by atoms with Gasteiger partial charge in [0.05, 0.1) is 0 Å². The van der Waals surface area contributed by atoms with Gasteiger partial charge in [-0.15, -0.1) is 0 Å². The van der Waals surface area contributed by atoms with Gasteiger partial charge in [-0.25, -0.2) is 4.79 Å². The van der Waals surface area contributed by atoms with Crippen LogP contribution in [0.2, 0.25) is 0 Å². The number of carbonyl (C=O) groups is 1. The van der Waals surface area contributed by atoms with Gasteiger partial charge in [0.2, 0.25) is 0 Å². The Morgan fingerprint density at radius 1 is 1.32 bits per heavy atom. The van der Waals surface area contributed by atoms with E-state index in [0.717, 1.165) is 0 Å². The summed E-state index contributed by atoms with van der Waals surface area (Å²) in [5, 5.41) is 3.28. The molecular weight excluding hydrogens is 240 g/mol. The molecular formula is C15H24N2O2. The first-order valence-electron chi connectivity index (χ1n) is 6.57. The zero-order valence-electron chi connectivity index (χ0n) is 12.2. The quantitative estimate of drug-likeness (QED) is 0.804. The summed E-state index contributed by atoms with van der Waals surface area (Å²) in [4.78, 5) is 10.4. The average molecular weight is 264 g/mol. The highest BCUT2D eigenvalue weighted by molar-refractivity contribution is 5.64. The predicted octanol–water partition coefficient (Wildman–Crippen LogP) is 2.73. The van der Waals surface area contributed by atoms with Gasteiger partial charge in [-0.2, -0.15) is 0 Å². The van der Waals surface area contributed by atoms with Crippen molar-refractivity contribution in [3.05, 3.63) is 35.4 Å². The summed E-state index contributed by atoms with van der Waals surface area (Å²) in [5.41, 5.74) is 7.59. The number of nitrogens with two attached hydrogens (primary N) is 1. The van der Waals surface area contributed by atoms with E-state index in [1.165, 1.54) is 11.1 Å². The van der Waals surface area contributed by atoms with Crippen molar-refractivity contribution in [1.82, 2.24) is 5.32 Å². The molecule has 0 aliphatic rings. The first-order valence-corrected chi connectivity index (χ1v) is 6.57. The molecule has 0 radical (unpaired) electrons. The average Bonchev–Trinajstić information content (AvgIpc) is 2.33. The zero-order valence-corrected chi connectivity index (χ0v) is 12.2.